The summed E-state index contributed by atoms with van der Waals surface area (Å²) in [5, 5.41) is 0. The standard InChI is InChI=1S/C22H24FN3O3/c1-4-24(13-17-6-5-7-18(23)12-17)20(27)14-25-21(28)16(3)26(22(25)29)19-10-8-15(2)9-11-19/h5-12,16H,4,13-14H2,1-3H3/t16-/m1/s1. The van der Waals surface area contributed by atoms with Gasteiger partial charge in [-0.2, -0.15) is 0 Å². The third-order valence-electron chi connectivity index (χ3n) is 5.05. The monoisotopic (exact) mass is 397 g/mol. The summed E-state index contributed by atoms with van der Waals surface area (Å²) in [4.78, 5) is 42.2. The number of likely N-dealkylation sites (N-methyl/N-ethyl adjacent to an activating group) is 1. The van der Waals surface area contributed by atoms with Crippen LogP contribution in [0, 0.1) is 12.7 Å². The lowest BCUT2D eigenvalue weighted by molar-refractivity contribution is -0.137. The Morgan fingerprint density at radius 1 is 1.14 bits per heavy atom. The van der Waals surface area contributed by atoms with Crippen LogP contribution in [0.25, 0.3) is 0 Å². The zero-order valence-electron chi connectivity index (χ0n) is 16.8. The number of benzene rings is 2. The van der Waals surface area contributed by atoms with E-state index in [1.165, 1.54) is 21.9 Å². The van der Waals surface area contributed by atoms with Crippen molar-refractivity contribution in [3.63, 3.8) is 0 Å². The van der Waals surface area contributed by atoms with Gasteiger partial charge in [0.15, 0.2) is 0 Å². The van der Waals surface area contributed by atoms with Crippen molar-refractivity contribution >= 4 is 23.5 Å². The molecule has 0 aromatic heterocycles. The number of hydrogen-bond acceptors (Lipinski definition) is 3. The maximum atomic E-state index is 13.4. The van der Waals surface area contributed by atoms with E-state index in [0.717, 1.165) is 10.5 Å². The van der Waals surface area contributed by atoms with Gasteiger partial charge in [0.2, 0.25) is 5.91 Å². The third-order valence-corrected chi connectivity index (χ3v) is 5.05. The molecule has 152 valence electrons. The van der Waals surface area contributed by atoms with Crippen molar-refractivity contribution in [3.8, 4) is 0 Å². The molecule has 4 amide bonds. The second-order valence-electron chi connectivity index (χ2n) is 7.13. The number of halogens is 1. The van der Waals surface area contributed by atoms with E-state index < -0.39 is 18.0 Å². The Balaban J connectivity index is 1.74. The lowest BCUT2D eigenvalue weighted by Crippen LogP contribution is -2.43. The van der Waals surface area contributed by atoms with E-state index in [-0.39, 0.29) is 24.8 Å². The predicted octanol–water partition coefficient (Wildman–Crippen LogP) is 3.34. The molecule has 1 heterocycles. The molecule has 1 fully saturated rings. The second kappa shape index (κ2) is 8.43. The van der Waals surface area contributed by atoms with E-state index in [0.29, 0.717) is 17.8 Å². The molecule has 0 saturated carbocycles. The van der Waals surface area contributed by atoms with Gasteiger partial charge in [0.05, 0.1) is 0 Å². The van der Waals surface area contributed by atoms with Crippen LogP contribution in [0.3, 0.4) is 0 Å². The first-order valence-corrected chi connectivity index (χ1v) is 9.55. The summed E-state index contributed by atoms with van der Waals surface area (Å²) in [6, 6.07) is 12.1. The van der Waals surface area contributed by atoms with Crippen LogP contribution in [0.4, 0.5) is 14.9 Å². The summed E-state index contributed by atoms with van der Waals surface area (Å²) in [6.45, 7) is 5.63. The van der Waals surface area contributed by atoms with Crippen molar-refractivity contribution < 1.29 is 18.8 Å². The van der Waals surface area contributed by atoms with E-state index in [4.69, 9.17) is 0 Å². The summed E-state index contributed by atoms with van der Waals surface area (Å²) in [5.74, 6) is -1.15. The molecular weight excluding hydrogens is 373 g/mol. The molecule has 0 unspecified atom stereocenters. The summed E-state index contributed by atoms with van der Waals surface area (Å²) < 4.78 is 13.4. The quantitative estimate of drug-likeness (QED) is 0.703. The molecule has 1 atom stereocenters. The molecule has 1 aliphatic rings. The Morgan fingerprint density at radius 3 is 2.45 bits per heavy atom. The van der Waals surface area contributed by atoms with Crippen LogP contribution in [0.5, 0.6) is 0 Å². The maximum Gasteiger partial charge on any atom is 0.332 e. The smallest absolute Gasteiger partial charge is 0.332 e. The molecule has 1 saturated heterocycles. The molecule has 2 aromatic rings. The number of hydrogen-bond donors (Lipinski definition) is 0. The summed E-state index contributed by atoms with van der Waals surface area (Å²) >= 11 is 0. The minimum atomic E-state index is -0.684. The van der Waals surface area contributed by atoms with Gasteiger partial charge in [0, 0.05) is 18.8 Å². The fraction of sp³-hybridized carbons (Fsp3) is 0.318. The van der Waals surface area contributed by atoms with E-state index in [1.807, 2.05) is 19.1 Å². The number of anilines is 1. The highest BCUT2D eigenvalue weighted by Gasteiger charge is 2.44. The van der Waals surface area contributed by atoms with Gasteiger partial charge in [-0.05, 0) is 50.6 Å². The SMILES string of the molecule is CCN(Cc1cccc(F)c1)C(=O)CN1C(=O)[C@@H](C)N(c2ccc(C)cc2)C1=O. The Morgan fingerprint density at radius 2 is 1.83 bits per heavy atom. The lowest BCUT2D eigenvalue weighted by Gasteiger charge is -2.24. The van der Waals surface area contributed by atoms with Gasteiger partial charge in [0.25, 0.3) is 5.91 Å². The fourth-order valence-corrected chi connectivity index (χ4v) is 3.38. The van der Waals surface area contributed by atoms with Gasteiger partial charge in [-0.25, -0.2) is 9.18 Å². The molecule has 7 heteroatoms. The van der Waals surface area contributed by atoms with Gasteiger partial charge in [-0.15, -0.1) is 0 Å². The molecule has 3 rings (SSSR count). The van der Waals surface area contributed by atoms with E-state index in [1.54, 1.807) is 38.1 Å². The van der Waals surface area contributed by atoms with E-state index in [9.17, 15) is 18.8 Å². The largest absolute Gasteiger partial charge is 0.337 e. The normalized spacial score (nSPS) is 16.5. The average molecular weight is 397 g/mol. The maximum absolute atomic E-state index is 13.4. The number of carbonyl (C=O) groups is 3. The molecule has 2 aromatic carbocycles. The Bertz CT molecular complexity index is 929. The van der Waals surface area contributed by atoms with E-state index >= 15 is 0 Å². The highest BCUT2D eigenvalue weighted by Crippen LogP contribution is 2.26. The molecule has 0 spiro atoms. The van der Waals surface area contributed by atoms with Gasteiger partial charge in [-0.1, -0.05) is 29.8 Å². The van der Waals surface area contributed by atoms with Crippen molar-refractivity contribution in [1.29, 1.82) is 0 Å². The minimum absolute atomic E-state index is 0.209. The molecule has 0 radical (unpaired) electrons. The summed E-state index contributed by atoms with van der Waals surface area (Å²) in [7, 11) is 0. The predicted molar refractivity (Wildman–Crippen MR) is 108 cm³/mol. The van der Waals surface area contributed by atoms with Crippen molar-refractivity contribution in [2.75, 3.05) is 18.0 Å². The highest BCUT2D eigenvalue weighted by molar-refractivity contribution is 6.15. The number of imide groups is 1. The van der Waals surface area contributed by atoms with Crippen molar-refractivity contribution in [1.82, 2.24) is 9.80 Å². The average Bonchev–Trinajstić information content (AvgIpc) is 2.90. The Hall–Kier alpha value is -3.22. The number of urea groups is 1. The first kappa shape index (κ1) is 20.5. The van der Waals surface area contributed by atoms with Crippen LogP contribution in [-0.2, 0) is 16.1 Å². The van der Waals surface area contributed by atoms with Crippen molar-refractivity contribution in [2.24, 2.45) is 0 Å². The highest BCUT2D eigenvalue weighted by atomic mass is 19.1. The van der Waals surface area contributed by atoms with Gasteiger partial charge in [0.1, 0.15) is 18.4 Å². The molecule has 1 aliphatic heterocycles. The van der Waals surface area contributed by atoms with Crippen LogP contribution < -0.4 is 4.90 Å². The van der Waals surface area contributed by atoms with Gasteiger partial charge >= 0.3 is 6.03 Å². The van der Waals surface area contributed by atoms with Crippen molar-refractivity contribution in [2.45, 2.75) is 33.4 Å². The number of carbonyl (C=O) groups excluding carboxylic acids is 3. The fourth-order valence-electron chi connectivity index (χ4n) is 3.38. The molecule has 0 N–H and O–H groups in total. The van der Waals surface area contributed by atoms with Crippen LogP contribution in [0.15, 0.2) is 48.5 Å². The summed E-state index contributed by atoms with van der Waals surface area (Å²) in [6.07, 6.45) is 0. The first-order valence-electron chi connectivity index (χ1n) is 9.55. The number of amides is 4. The molecule has 29 heavy (non-hydrogen) atoms. The minimum Gasteiger partial charge on any atom is -0.337 e. The van der Waals surface area contributed by atoms with Gasteiger partial charge < -0.3 is 4.90 Å². The lowest BCUT2D eigenvalue weighted by atomic mass is 10.2. The molecule has 0 bridgehead atoms. The van der Waals surface area contributed by atoms with Crippen LogP contribution in [-0.4, -0.2) is 46.8 Å². The zero-order chi connectivity index (χ0) is 21.1. The van der Waals surface area contributed by atoms with Crippen LogP contribution in [0.1, 0.15) is 25.0 Å². The topological polar surface area (TPSA) is 60.9 Å². The summed E-state index contributed by atoms with van der Waals surface area (Å²) in [5.41, 5.74) is 2.31. The number of aryl methyl sites for hydroxylation is 1. The Kier molecular flexibility index (Phi) is 5.96. The second-order valence-corrected chi connectivity index (χ2v) is 7.13. The first-order chi connectivity index (χ1) is 13.8. The third kappa shape index (κ3) is 4.29. The van der Waals surface area contributed by atoms with Gasteiger partial charge in [-0.3, -0.25) is 19.4 Å². The molecule has 6 nitrogen and oxygen atoms in total. The zero-order valence-corrected chi connectivity index (χ0v) is 16.8. The van der Waals surface area contributed by atoms with Crippen molar-refractivity contribution in [3.05, 3.63) is 65.5 Å². The molecular formula is C22H24FN3O3. The number of rotatable bonds is 6. The Labute approximate surface area is 169 Å². The van der Waals surface area contributed by atoms with Crippen LogP contribution in [0.2, 0.25) is 0 Å². The molecule has 0 aliphatic carbocycles. The number of nitrogens with zero attached hydrogens (tertiary/aromatic N) is 3. The van der Waals surface area contributed by atoms with Crippen LogP contribution >= 0.6 is 0 Å². The van der Waals surface area contributed by atoms with E-state index in [2.05, 4.69) is 0 Å².